The molecule has 0 aliphatic heterocycles. The van der Waals surface area contributed by atoms with E-state index < -0.39 is 16.1 Å². The van der Waals surface area contributed by atoms with Gasteiger partial charge in [0.05, 0.1) is 11.8 Å². The molecule has 1 aromatic heterocycles. The number of aliphatic hydroxyl groups excluding tert-OH is 1. The largest absolute Gasteiger partial charge is 0.389 e. The fourth-order valence-electron chi connectivity index (χ4n) is 1.62. The molecule has 0 fully saturated rings. The fourth-order valence-corrected chi connectivity index (χ4v) is 5.04. The minimum absolute atomic E-state index is 0.216. The van der Waals surface area contributed by atoms with Gasteiger partial charge in [0, 0.05) is 10.0 Å². The van der Waals surface area contributed by atoms with Crippen molar-refractivity contribution in [1.29, 1.82) is 0 Å². The molecule has 0 amide bonds. The summed E-state index contributed by atoms with van der Waals surface area (Å²) < 4.78 is 27.7. The number of anilines is 1. The van der Waals surface area contributed by atoms with Crippen molar-refractivity contribution < 1.29 is 13.5 Å². The Hall–Kier alpha value is -0.890. The lowest BCUT2D eigenvalue weighted by Gasteiger charge is -2.13. The van der Waals surface area contributed by atoms with E-state index in [1.54, 1.807) is 42.6 Å². The third kappa shape index (κ3) is 3.17. The predicted molar refractivity (Wildman–Crippen MR) is 79.9 cm³/mol. The molecule has 0 aliphatic carbocycles. The Morgan fingerprint density at radius 3 is 2.58 bits per heavy atom. The van der Waals surface area contributed by atoms with E-state index in [0.29, 0.717) is 15.7 Å². The third-order valence-electron chi connectivity index (χ3n) is 2.48. The lowest BCUT2D eigenvalue weighted by Crippen LogP contribution is -2.14. The fraction of sp³-hybridized carbons (Fsp3) is 0.167. The van der Waals surface area contributed by atoms with E-state index in [1.807, 2.05) is 0 Å². The summed E-state index contributed by atoms with van der Waals surface area (Å²) in [4.78, 5) is 0. The molecule has 1 unspecified atom stereocenters. The minimum Gasteiger partial charge on any atom is -0.389 e. The summed E-state index contributed by atoms with van der Waals surface area (Å²) in [7, 11) is -3.65. The van der Waals surface area contributed by atoms with E-state index >= 15 is 0 Å². The number of aliphatic hydroxyl groups is 1. The van der Waals surface area contributed by atoms with Crippen molar-refractivity contribution in [2.24, 2.45) is 0 Å². The summed E-state index contributed by atoms with van der Waals surface area (Å²) in [6.07, 6.45) is -0.745. The number of thiophene rings is 1. The molecule has 19 heavy (non-hydrogen) atoms. The SMILES string of the molecule is CC(O)c1ccccc1NS(=O)(=O)c1sccc1Br. The minimum atomic E-state index is -3.65. The third-order valence-corrected chi connectivity index (χ3v) is 6.52. The highest BCUT2D eigenvalue weighted by atomic mass is 79.9. The van der Waals surface area contributed by atoms with Crippen molar-refractivity contribution in [3.63, 3.8) is 0 Å². The Bertz CT molecular complexity index is 680. The average molecular weight is 362 g/mol. The predicted octanol–water partition coefficient (Wildman–Crippen LogP) is 3.36. The number of halogens is 1. The van der Waals surface area contributed by atoms with E-state index in [0.717, 1.165) is 11.3 Å². The molecule has 0 bridgehead atoms. The summed E-state index contributed by atoms with van der Waals surface area (Å²) >= 11 is 4.33. The Balaban J connectivity index is 2.39. The Kier molecular flexibility index (Phi) is 4.29. The molecule has 0 spiro atoms. The van der Waals surface area contributed by atoms with Gasteiger partial charge in [-0.1, -0.05) is 18.2 Å². The topological polar surface area (TPSA) is 66.4 Å². The summed E-state index contributed by atoms with van der Waals surface area (Å²) in [5.74, 6) is 0. The van der Waals surface area contributed by atoms with Crippen LogP contribution in [0.25, 0.3) is 0 Å². The van der Waals surface area contributed by atoms with Crippen LogP contribution in [-0.4, -0.2) is 13.5 Å². The second-order valence-electron chi connectivity index (χ2n) is 3.92. The normalized spacial score (nSPS) is 13.2. The van der Waals surface area contributed by atoms with Gasteiger partial charge in [-0.25, -0.2) is 8.42 Å². The van der Waals surface area contributed by atoms with E-state index in [2.05, 4.69) is 20.7 Å². The van der Waals surface area contributed by atoms with Gasteiger partial charge in [0.2, 0.25) is 0 Å². The molecule has 0 radical (unpaired) electrons. The van der Waals surface area contributed by atoms with Gasteiger partial charge < -0.3 is 5.11 Å². The maximum atomic E-state index is 12.2. The van der Waals surface area contributed by atoms with Crippen molar-refractivity contribution in [3.05, 3.63) is 45.7 Å². The van der Waals surface area contributed by atoms with Gasteiger partial charge in [0.15, 0.2) is 4.21 Å². The van der Waals surface area contributed by atoms with Crippen LogP contribution in [0.5, 0.6) is 0 Å². The van der Waals surface area contributed by atoms with Crippen molar-refractivity contribution in [1.82, 2.24) is 0 Å². The van der Waals surface area contributed by atoms with Gasteiger partial charge in [-0.2, -0.15) is 0 Å². The maximum absolute atomic E-state index is 12.2. The second kappa shape index (κ2) is 5.62. The monoisotopic (exact) mass is 361 g/mol. The van der Waals surface area contributed by atoms with E-state index in [-0.39, 0.29) is 4.21 Å². The van der Waals surface area contributed by atoms with Crippen LogP contribution in [0.1, 0.15) is 18.6 Å². The molecular formula is C12H12BrNO3S2. The standard InChI is InChI=1S/C12H12BrNO3S2/c1-8(15)9-4-2-3-5-11(9)14-19(16,17)12-10(13)6-7-18-12/h2-8,14-15H,1H3. The molecule has 0 saturated heterocycles. The summed E-state index contributed by atoms with van der Waals surface area (Å²) in [6, 6.07) is 8.46. The van der Waals surface area contributed by atoms with Crippen LogP contribution >= 0.6 is 27.3 Å². The lowest BCUT2D eigenvalue weighted by molar-refractivity contribution is 0.200. The average Bonchev–Trinajstić information content (AvgIpc) is 2.76. The molecule has 102 valence electrons. The zero-order valence-corrected chi connectivity index (χ0v) is 13.2. The Morgan fingerprint density at radius 1 is 1.32 bits per heavy atom. The number of para-hydroxylation sites is 1. The van der Waals surface area contributed by atoms with Crippen LogP contribution in [0.15, 0.2) is 44.4 Å². The number of nitrogens with one attached hydrogen (secondary N) is 1. The molecule has 2 aromatic rings. The van der Waals surface area contributed by atoms with Gasteiger partial charge in [0.1, 0.15) is 0 Å². The summed E-state index contributed by atoms with van der Waals surface area (Å²) in [5, 5.41) is 11.3. The molecule has 4 nitrogen and oxygen atoms in total. The number of benzene rings is 1. The van der Waals surface area contributed by atoms with E-state index in [1.165, 1.54) is 0 Å². The summed E-state index contributed by atoms with van der Waals surface area (Å²) in [5.41, 5.74) is 0.927. The number of hydrogen-bond donors (Lipinski definition) is 2. The molecule has 0 aliphatic rings. The Labute approximate surface area is 124 Å². The first-order valence-electron chi connectivity index (χ1n) is 5.44. The first-order valence-corrected chi connectivity index (χ1v) is 8.60. The molecule has 1 aromatic carbocycles. The molecule has 2 N–H and O–H groups in total. The van der Waals surface area contributed by atoms with Crippen LogP contribution in [0.3, 0.4) is 0 Å². The van der Waals surface area contributed by atoms with Crippen molar-refractivity contribution in [2.45, 2.75) is 17.2 Å². The van der Waals surface area contributed by atoms with Crippen LogP contribution < -0.4 is 4.72 Å². The van der Waals surface area contributed by atoms with Gasteiger partial charge in [-0.15, -0.1) is 11.3 Å². The molecule has 1 heterocycles. The molecule has 1 atom stereocenters. The zero-order chi connectivity index (χ0) is 14.0. The zero-order valence-electron chi connectivity index (χ0n) is 10.00. The van der Waals surface area contributed by atoms with Crippen LogP contribution in [-0.2, 0) is 10.0 Å². The van der Waals surface area contributed by atoms with Crippen molar-refractivity contribution in [3.8, 4) is 0 Å². The highest BCUT2D eigenvalue weighted by Crippen LogP contribution is 2.31. The maximum Gasteiger partial charge on any atom is 0.272 e. The van der Waals surface area contributed by atoms with E-state index in [9.17, 15) is 13.5 Å². The van der Waals surface area contributed by atoms with Crippen LogP contribution in [0, 0.1) is 0 Å². The molecular weight excluding hydrogens is 350 g/mol. The van der Waals surface area contributed by atoms with Crippen LogP contribution in [0.2, 0.25) is 0 Å². The molecule has 0 saturated carbocycles. The Morgan fingerprint density at radius 2 is 2.00 bits per heavy atom. The van der Waals surface area contributed by atoms with Gasteiger partial charge >= 0.3 is 0 Å². The number of hydrogen-bond acceptors (Lipinski definition) is 4. The first kappa shape index (κ1) is 14.5. The molecule has 2 rings (SSSR count). The quantitative estimate of drug-likeness (QED) is 0.877. The lowest BCUT2D eigenvalue weighted by atomic mass is 10.1. The van der Waals surface area contributed by atoms with Gasteiger partial charge in [0.25, 0.3) is 10.0 Å². The van der Waals surface area contributed by atoms with Crippen molar-refractivity contribution in [2.75, 3.05) is 4.72 Å². The number of sulfonamides is 1. The van der Waals surface area contributed by atoms with E-state index in [4.69, 9.17) is 0 Å². The smallest absolute Gasteiger partial charge is 0.272 e. The second-order valence-corrected chi connectivity index (χ2v) is 7.57. The van der Waals surface area contributed by atoms with Crippen LogP contribution in [0.4, 0.5) is 5.69 Å². The molecule has 7 heteroatoms. The summed E-state index contributed by atoms with van der Waals surface area (Å²) in [6.45, 7) is 1.59. The first-order chi connectivity index (χ1) is 8.92. The highest BCUT2D eigenvalue weighted by molar-refractivity contribution is 9.10. The van der Waals surface area contributed by atoms with Gasteiger partial charge in [-0.3, -0.25) is 4.72 Å². The highest BCUT2D eigenvalue weighted by Gasteiger charge is 2.21. The number of rotatable bonds is 4. The van der Waals surface area contributed by atoms with Gasteiger partial charge in [-0.05, 0) is 40.4 Å². The van der Waals surface area contributed by atoms with Crippen molar-refractivity contribution >= 4 is 43.0 Å².